The third-order valence-electron chi connectivity index (χ3n) is 3.90. The Hall–Kier alpha value is -1.55. The van der Waals surface area contributed by atoms with Crippen LogP contribution in [0.2, 0.25) is 0 Å². The molecule has 0 saturated heterocycles. The summed E-state index contributed by atoms with van der Waals surface area (Å²) >= 11 is 0. The first kappa shape index (κ1) is 14.9. The summed E-state index contributed by atoms with van der Waals surface area (Å²) in [6.07, 6.45) is 4.07. The van der Waals surface area contributed by atoms with E-state index in [9.17, 15) is 9.90 Å². The number of benzene rings is 1. The van der Waals surface area contributed by atoms with Gasteiger partial charge in [-0.3, -0.25) is 4.79 Å². The molecular weight excluding hydrogens is 254 g/mol. The van der Waals surface area contributed by atoms with Gasteiger partial charge in [-0.1, -0.05) is 31.0 Å². The minimum atomic E-state index is -0.431. The largest absolute Gasteiger partial charge is 0.484 e. The van der Waals surface area contributed by atoms with E-state index in [1.165, 1.54) is 12.8 Å². The first-order chi connectivity index (χ1) is 9.66. The molecule has 0 heterocycles. The second-order valence-corrected chi connectivity index (χ2v) is 5.47. The number of ether oxygens (including phenoxy) is 1. The van der Waals surface area contributed by atoms with Crippen LogP contribution in [-0.4, -0.2) is 30.3 Å². The van der Waals surface area contributed by atoms with E-state index in [1.807, 2.05) is 31.2 Å². The first-order valence-electron chi connectivity index (χ1n) is 7.30. The summed E-state index contributed by atoms with van der Waals surface area (Å²) in [7, 11) is 0. The Balaban J connectivity index is 1.69. The SMILES string of the molecule is Cc1ccccc1OCC(=O)NCC(O)C1CCCC1. The van der Waals surface area contributed by atoms with E-state index in [2.05, 4.69) is 5.32 Å². The fraction of sp³-hybridized carbons (Fsp3) is 0.562. The van der Waals surface area contributed by atoms with E-state index < -0.39 is 6.10 Å². The molecule has 0 spiro atoms. The zero-order valence-electron chi connectivity index (χ0n) is 12.0. The van der Waals surface area contributed by atoms with Crippen LogP contribution in [0.15, 0.2) is 24.3 Å². The maximum absolute atomic E-state index is 11.7. The number of nitrogens with one attached hydrogen (secondary N) is 1. The second kappa shape index (κ2) is 7.29. The van der Waals surface area contributed by atoms with Crippen LogP contribution >= 0.6 is 0 Å². The van der Waals surface area contributed by atoms with E-state index in [4.69, 9.17) is 4.74 Å². The van der Waals surface area contributed by atoms with Gasteiger partial charge in [0.1, 0.15) is 5.75 Å². The summed E-state index contributed by atoms with van der Waals surface area (Å²) in [6.45, 7) is 2.25. The third kappa shape index (κ3) is 4.23. The second-order valence-electron chi connectivity index (χ2n) is 5.47. The molecule has 1 aliphatic rings. The fourth-order valence-electron chi connectivity index (χ4n) is 2.64. The number of carbonyl (C=O) groups is 1. The van der Waals surface area contributed by atoms with Crippen LogP contribution in [0, 0.1) is 12.8 Å². The number of hydrogen-bond donors (Lipinski definition) is 2. The lowest BCUT2D eigenvalue weighted by molar-refractivity contribution is -0.123. The minimum Gasteiger partial charge on any atom is -0.484 e. The average Bonchev–Trinajstić information content (AvgIpc) is 2.98. The van der Waals surface area contributed by atoms with Gasteiger partial charge in [0, 0.05) is 6.54 Å². The maximum Gasteiger partial charge on any atom is 0.258 e. The van der Waals surface area contributed by atoms with Gasteiger partial charge in [-0.25, -0.2) is 0 Å². The van der Waals surface area contributed by atoms with Gasteiger partial charge >= 0.3 is 0 Å². The molecule has 1 atom stereocenters. The molecule has 0 aliphatic heterocycles. The van der Waals surface area contributed by atoms with Gasteiger partial charge in [-0.05, 0) is 37.3 Å². The van der Waals surface area contributed by atoms with Crippen LogP contribution in [0.25, 0.3) is 0 Å². The molecule has 1 saturated carbocycles. The van der Waals surface area contributed by atoms with Gasteiger partial charge in [0.2, 0.25) is 0 Å². The lowest BCUT2D eigenvalue weighted by Crippen LogP contribution is -2.38. The number of aliphatic hydroxyl groups excluding tert-OH is 1. The monoisotopic (exact) mass is 277 g/mol. The molecule has 1 aromatic carbocycles. The third-order valence-corrected chi connectivity index (χ3v) is 3.90. The van der Waals surface area contributed by atoms with Crippen molar-refractivity contribution >= 4 is 5.91 Å². The van der Waals surface area contributed by atoms with Crippen molar-refractivity contribution < 1.29 is 14.6 Å². The van der Waals surface area contributed by atoms with Crippen molar-refractivity contribution in [3.05, 3.63) is 29.8 Å². The van der Waals surface area contributed by atoms with E-state index in [1.54, 1.807) is 0 Å². The van der Waals surface area contributed by atoms with E-state index in [0.717, 1.165) is 24.2 Å². The first-order valence-corrected chi connectivity index (χ1v) is 7.30. The van der Waals surface area contributed by atoms with E-state index in [0.29, 0.717) is 12.5 Å². The number of amides is 1. The number of carbonyl (C=O) groups excluding carboxylic acids is 1. The molecule has 1 amide bonds. The molecule has 4 heteroatoms. The molecule has 0 radical (unpaired) electrons. The maximum atomic E-state index is 11.7. The standard InChI is InChI=1S/C16H23NO3/c1-12-6-2-5-9-15(12)20-11-16(19)17-10-14(18)13-7-3-4-8-13/h2,5-6,9,13-14,18H,3-4,7-8,10-11H2,1H3,(H,17,19). The van der Waals surface area contributed by atoms with Gasteiger partial charge in [-0.15, -0.1) is 0 Å². The van der Waals surface area contributed by atoms with Gasteiger partial charge in [0.25, 0.3) is 5.91 Å². The summed E-state index contributed by atoms with van der Waals surface area (Å²) in [4.78, 5) is 11.7. The van der Waals surface area contributed by atoms with Crippen molar-refractivity contribution in [2.75, 3.05) is 13.2 Å². The Bertz CT molecular complexity index is 441. The summed E-state index contributed by atoms with van der Waals surface area (Å²) < 4.78 is 5.46. The number of para-hydroxylation sites is 1. The normalized spacial score (nSPS) is 16.9. The lowest BCUT2D eigenvalue weighted by atomic mass is 10.0. The van der Waals surface area contributed by atoms with Gasteiger partial charge in [0.15, 0.2) is 6.61 Å². The van der Waals surface area contributed by atoms with Crippen molar-refractivity contribution in [2.24, 2.45) is 5.92 Å². The van der Waals surface area contributed by atoms with Gasteiger partial charge in [-0.2, -0.15) is 0 Å². The van der Waals surface area contributed by atoms with E-state index >= 15 is 0 Å². The summed E-state index contributed by atoms with van der Waals surface area (Å²) in [5.41, 5.74) is 1.01. The Morgan fingerprint density at radius 1 is 1.40 bits per heavy atom. The number of aliphatic hydroxyl groups is 1. The minimum absolute atomic E-state index is 0.0117. The van der Waals surface area contributed by atoms with Crippen molar-refractivity contribution in [2.45, 2.75) is 38.7 Å². The molecular formula is C16H23NO3. The highest BCUT2D eigenvalue weighted by Crippen LogP contribution is 2.27. The van der Waals surface area contributed by atoms with Crippen molar-refractivity contribution in [1.29, 1.82) is 0 Å². The van der Waals surface area contributed by atoms with Crippen LogP contribution in [0.5, 0.6) is 5.75 Å². The predicted octanol–water partition coefficient (Wildman–Crippen LogP) is 2.04. The molecule has 1 aliphatic carbocycles. The topological polar surface area (TPSA) is 58.6 Å². The van der Waals surface area contributed by atoms with Crippen molar-refractivity contribution in [3.8, 4) is 5.75 Å². The predicted molar refractivity (Wildman–Crippen MR) is 77.6 cm³/mol. The number of rotatable bonds is 6. The van der Waals surface area contributed by atoms with Gasteiger partial charge in [0.05, 0.1) is 6.10 Å². The molecule has 4 nitrogen and oxygen atoms in total. The smallest absolute Gasteiger partial charge is 0.258 e. The molecule has 110 valence electrons. The molecule has 2 N–H and O–H groups in total. The zero-order chi connectivity index (χ0) is 14.4. The van der Waals surface area contributed by atoms with Crippen LogP contribution in [0.1, 0.15) is 31.2 Å². The molecule has 0 aromatic heterocycles. The van der Waals surface area contributed by atoms with Crippen LogP contribution in [0.3, 0.4) is 0 Å². The Morgan fingerprint density at radius 2 is 2.10 bits per heavy atom. The highest BCUT2D eigenvalue weighted by Gasteiger charge is 2.23. The zero-order valence-corrected chi connectivity index (χ0v) is 12.0. The van der Waals surface area contributed by atoms with Crippen LogP contribution in [0.4, 0.5) is 0 Å². The molecule has 20 heavy (non-hydrogen) atoms. The fourth-order valence-corrected chi connectivity index (χ4v) is 2.64. The Morgan fingerprint density at radius 3 is 2.80 bits per heavy atom. The van der Waals surface area contributed by atoms with Crippen LogP contribution in [-0.2, 0) is 4.79 Å². The number of hydrogen-bond acceptors (Lipinski definition) is 3. The van der Waals surface area contributed by atoms with Gasteiger partial charge < -0.3 is 15.2 Å². The highest BCUT2D eigenvalue weighted by atomic mass is 16.5. The van der Waals surface area contributed by atoms with Crippen molar-refractivity contribution in [1.82, 2.24) is 5.32 Å². The summed E-state index contributed by atoms with van der Waals surface area (Å²) in [5, 5.41) is 12.7. The number of aryl methyl sites for hydroxylation is 1. The lowest BCUT2D eigenvalue weighted by Gasteiger charge is -2.18. The quantitative estimate of drug-likeness (QED) is 0.836. The molecule has 2 rings (SSSR count). The Labute approximate surface area is 120 Å². The average molecular weight is 277 g/mol. The summed E-state index contributed by atoms with van der Waals surface area (Å²) in [6, 6.07) is 7.59. The van der Waals surface area contributed by atoms with E-state index in [-0.39, 0.29) is 12.5 Å². The van der Waals surface area contributed by atoms with Crippen molar-refractivity contribution in [3.63, 3.8) is 0 Å². The molecule has 1 unspecified atom stereocenters. The molecule has 0 bridgehead atoms. The highest BCUT2D eigenvalue weighted by molar-refractivity contribution is 5.77. The molecule has 1 aromatic rings. The van der Waals surface area contributed by atoms with Crippen LogP contribution < -0.4 is 10.1 Å². The summed E-state index contributed by atoms with van der Waals surface area (Å²) in [5.74, 6) is 0.872. The molecule has 1 fully saturated rings. The Kier molecular flexibility index (Phi) is 5.41.